The summed E-state index contributed by atoms with van der Waals surface area (Å²) in [7, 11) is 0. The van der Waals surface area contributed by atoms with E-state index < -0.39 is 0 Å². The topological polar surface area (TPSA) is 26.3 Å². The van der Waals surface area contributed by atoms with Crippen molar-refractivity contribution in [2.45, 2.75) is 13.0 Å². The van der Waals surface area contributed by atoms with Gasteiger partial charge in [0.05, 0.1) is 0 Å². The number of rotatable bonds is 5. The van der Waals surface area contributed by atoms with E-state index in [9.17, 15) is 4.79 Å². The Labute approximate surface area is 89.9 Å². The molecule has 1 rings (SSSR count). The molecule has 0 heterocycles. The van der Waals surface area contributed by atoms with Crippen LogP contribution in [-0.2, 0) is 16.1 Å². The third-order valence-corrected chi connectivity index (χ3v) is 1.89. The van der Waals surface area contributed by atoms with E-state index in [1.807, 2.05) is 30.3 Å². The number of esters is 1. The average molecular weight is 202 g/mol. The highest BCUT2D eigenvalue weighted by atomic mass is 16.5. The van der Waals surface area contributed by atoms with Crippen molar-refractivity contribution in [2.24, 2.45) is 0 Å². The van der Waals surface area contributed by atoms with Crippen LogP contribution in [0.2, 0.25) is 0 Å². The summed E-state index contributed by atoms with van der Waals surface area (Å²) < 4.78 is 5.06. The molecule has 0 spiro atoms. The first-order valence-corrected chi connectivity index (χ1v) is 4.73. The summed E-state index contributed by atoms with van der Waals surface area (Å²) in [6.45, 7) is 7.43. The summed E-state index contributed by atoms with van der Waals surface area (Å²) in [6, 6.07) is 9.54. The summed E-state index contributed by atoms with van der Waals surface area (Å²) >= 11 is 0. The first kappa shape index (κ1) is 11.2. The van der Waals surface area contributed by atoms with Crippen molar-refractivity contribution in [3.63, 3.8) is 0 Å². The lowest BCUT2D eigenvalue weighted by atomic mass is 10.2. The highest BCUT2D eigenvalue weighted by molar-refractivity contribution is 5.87. The Hall–Kier alpha value is -1.83. The van der Waals surface area contributed by atoms with Crippen LogP contribution in [0.25, 0.3) is 0 Å². The van der Waals surface area contributed by atoms with Gasteiger partial charge in [-0.15, -0.1) is 6.58 Å². The number of carbonyl (C=O) groups is 1. The van der Waals surface area contributed by atoms with E-state index >= 15 is 0 Å². The van der Waals surface area contributed by atoms with Crippen molar-refractivity contribution in [3.8, 4) is 0 Å². The molecule has 0 unspecified atom stereocenters. The van der Waals surface area contributed by atoms with Gasteiger partial charge in [0.2, 0.25) is 0 Å². The Morgan fingerprint density at radius 3 is 2.60 bits per heavy atom. The standard InChI is InChI=1S/C13H14O2/c1-3-7-11(2)13(14)15-10-12-8-5-4-6-9-12/h3-6,8-9H,1-2,7,10H2. The second-order valence-corrected chi connectivity index (χ2v) is 3.16. The molecule has 15 heavy (non-hydrogen) atoms. The zero-order valence-corrected chi connectivity index (χ0v) is 8.61. The Morgan fingerprint density at radius 1 is 1.33 bits per heavy atom. The molecule has 0 aliphatic rings. The SMILES string of the molecule is C=CCC(=C)C(=O)OCc1ccccc1. The van der Waals surface area contributed by atoms with Crippen molar-refractivity contribution in [3.05, 3.63) is 60.7 Å². The van der Waals surface area contributed by atoms with Crippen LogP contribution in [0.15, 0.2) is 55.1 Å². The molecule has 78 valence electrons. The van der Waals surface area contributed by atoms with Crippen LogP contribution >= 0.6 is 0 Å². The first-order chi connectivity index (χ1) is 7.24. The van der Waals surface area contributed by atoms with E-state index in [1.54, 1.807) is 6.08 Å². The molecule has 0 aliphatic heterocycles. The molecule has 0 saturated heterocycles. The Bertz CT molecular complexity index is 352. The van der Waals surface area contributed by atoms with Crippen molar-refractivity contribution < 1.29 is 9.53 Å². The number of allylic oxidation sites excluding steroid dienone is 1. The van der Waals surface area contributed by atoms with Gasteiger partial charge in [-0.1, -0.05) is 43.0 Å². The maximum absolute atomic E-state index is 11.3. The van der Waals surface area contributed by atoms with Crippen LogP contribution in [0, 0.1) is 0 Å². The third kappa shape index (κ3) is 3.81. The minimum Gasteiger partial charge on any atom is -0.457 e. The van der Waals surface area contributed by atoms with Gasteiger partial charge in [-0.2, -0.15) is 0 Å². The summed E-state index contributed by atoms with van der Waals surface area (Å²) in [4.78, 5) is 11.3. The summed E-state index contributed by atoms with van der Waals surface area (Å²) in [6.07, 6.45) is 2.10. The number of benzene rings is 1. The molecule has 0 bridgehead atoms. The highest BCUT2D eigenvalue weighted by Crippen LogP contribution is 2.05. The molecule has 1 aromatic carbocycles. The van der Waals surface area contributed by atoms with Gasteiger partial charge in [-0.25, -0.2) is 4.79 Å². The quantitative estimate of drug-likeness (QED) is 0.417. The second-order valence-electron chi connectivity index (χ2n) is 3.16. The predicted molar refractivity (Wildman–Crippen MR) is 60.2 cm³/mol. The first-order valence-electron chi connectivity index (χ1n) is 4.73. The maximum atomic E-state index is 11.3. The Kier molecular flexibility index (Phi) is 4.35. The Morgan fingerprint density at radius 2 is 2.00 bits per heavy atom. The lowest BCUT2D eigenvalue weighted by Gasteiger charge is -2.05. The summed E-state index contributed by atoms with van der Waals surface area (Å²) in [5.41, 5.74) is 1.40. The fourth-order valence-electron chi connectivity index (χ4n) is 1.08. The van der Waals surface area contributed by atoms with Gasteiger partial charge in [0.1, 0.15) is 6.61 Å². The lowest BCUT2D eigenvalue weighted by molar-refractivity contribution is -0.140. The lowest BCUT2D eigenvalue weighted by Crippen LogP contribution is -2.06. The zero-order chi connectivity index (χ0) is 11.1. The van der Waals surface area contributed by atoms with Gasteiger partial charge >= 0.3 is 5.97 Å². The Balaban J connectivity index is 2.41. The smallest absolute Gasteiger partial charge is 0.334 e. The molecule has 2 heteroatoms. The van der Waals surface area contributed by atoms with Gasteiger partial charge in [-0.3, -0.25) is 0 Å². The molecule has 0 amide bonds. The molecular weight excluding hydrogens is 188 g/mol. The van der Waals surface area contributed by atoms with Gasteiger partial charge in [0.15, 0.2) is 0 Å². The zero-order valence-electron chi connectivity index (χ0n) is 8.61. The van der Waals surface area contributed by atoms with E-state index in [-0.39, 0.29) is 12.6 Å². The van der Waals surface area contributed by atoms with E-state index in [1.165, 1.54) is 0 Å². The van der Waals surface area contributed by atoms with E-state index in [0.29, 0.717) is 12.0 Å². The molecule has 0 aliphatic carbocycles. The van der Waals surface area contributed by atoms with Crippen molar-refractivity contribution >= 4 is 5.97 Å². The van der Waals surface area contributed by atoms with Gasteiger partial charge in [0, 0.05) is 5.57 Å². The maximum Gasteiger partial charge on any atom is 0.334 e. The third-order valence-electron chi connectivity index (χ3n) is 1.89. The van der Waals surface area contributed by atoms with Crippen molar-refractivity contribution in [1.29, 1.82) is 0 Å². The summed E-state index contributed by atoms with van der Waals surface area (Å²) in [5.74, 6) is -0.362. The minimum atomic E-state index is -0.362. The molecule has 0 radical (unpaired) electrons. The molecule has 0 fully saturated rings. The normalized spacial score (nSPS) is 9.33. The van der Waals surface area contributed by atoms with Gasteiger partial charge in [-0.05, 0) is 12.0 Å². The average Bonchev–Trinajstić information content (AvgIpc) is 2.27. The molecule has 1 aromatic rings. The molecule has 0 atom stereocenters. The fraction of sp³-hybridized carbons (Fsp3) is 0.154. The van der Waals surface area contributed by atoms with E-state index in [0.717, 1.165) is 5.56 Å². The molecule has 2 nitrogen and oxygen atoms in total. The van der Waals surface area contributed by atoms with Crippen LogP contribution in [0.5, 0.6) is 0 Å². The van der Waals surface area contributed by atoms with Crippen molar-refractivity contribution in [1.82, 2.24) is 0 Å². The van der Waals surface area contributed by atoms with Crippen LogP contribution in [-0.4, -0.2) is 5.97 Å². The largest absolute Gasteiger partial charge is 0.457 e. The predicted octanol–water partition coefficient (Wildman–Crippen LogP) is 2.86. The van der Waals surface area contributed by atoms with Gasteiger partial charge in [0.25, 0.3) is 0 Å². The van der Waals surface area contributed by atoms with Crippen molar-refractivity contribution in [2.75, 3.05) is 0 Å². The van der Waals surface area contributed by atoms with Crippen LogP contribution in [0.4, 0.5) is 0 Å². The number of hydrogen-bond donors (Lipinski definition) is 0. The van der Waals surface area contributed by atoms with Crippen LogP contribution in [0.1, 0.15) is 12.0 Å². The molecule has 0 aromatic heterocycles. The number of ether oxygens (including phenoxy) is 1. The highest BCUT2D eigenvalue weighted by Gasteiger charge is 2.06. The van der Waals surface area contributed by atoms with Gasteiger partial charge < -0.3 is 4.74 Å². The van der Waals surface area contributed by atoms with Crippen LogP contribution < -0.4 is 0 Å². The molecular formula is C13H14O2. The molecule has 0 N–H and O–H groups in total. The monoisotopic (exact) mass is 202 g/mol. The molecule has 0 saturated carbocycles. The fourth-order valence-corrected chi connectivity index (χ4v) is 1.08. The number of hydrogen-bond acceptors (Lipinski definition) is 2. The minimum absolute atomic E-state index is 0.288. The van der Waals surface area contributed by atoms with Crippen LogP contribution in [0.3, 0.4) is 0 Å². The van der Waals surface area contributed by atoms with E-state index in [2.05, 4.69) is 13.2 Å². The number of carbonyl (C=O) groups excluding carboxylic acids is 1. The second kappa shape index (κ2) is 5.81. The summed E-state index contributed by atoms with van der Waals surface area (Å²) in [5, 5.41) is 0. The van der Waals surface area contributed by atoms with E-state index in [4.69, 9.17) is 4.74 Å².